The molecule has 0 radical (unpaired) electrons. The summed E-state index contributed by atoms with van der Waals surface area (Å²) in [6, 6.07) is 8.13. The van der Waals surface area contributed by atoms with Gasteiger partial charge < -0.3 is 0 Å². The Morgan fingerprint density at radius 1 is 1.12 bits per heavy atom. The Morgan fingerprint density at radius 2 is 1.84 bits per heavy atom. The van der Waals surface area contributed by atoms with Crippen LogP contribution in [0.2, 0.25) is 0 Å². The van der Waals surface area contributed by atoms with E-state index in [-0.39, 0.29) is 17.4 Å². The van der Waals surface area contributed by atoms with Gasteiger partial charge in [-0.1, -0.05) is 38.1 Å². The molecule has 1 aliphatic carbocycles. The molecule has 1 saturated carbocycles. The Hall–Kier alpha value is -2.32. The fraction of sp³-hybridized carbons (Fsp3) is 0.542. The van der Waals surface area contributed by atoms with Gasteiger partial charge in [0.25, 0.3) is 0 Å². The molecule has 1 atom stereocenters. The number of carbonyl (C=O) groups is 1. The third-order valence-electron chi connectivity index (χ3n) is 7.38. The average Bonchev–Trinajstić information content (AvgIpc) is 3.01. The maximum atomic E-state index is 13.0. The summed E-state index contributed by atoms with van der Waals surface area (Å²) in [5.41, 5.74) is 2.87. The van der Waals surface area contributed by atoms with Crippen LogP contribution in [0.5, 0.6) is 0 Å². The van der Waals surface area contributed by atoms with Crippen LogP contribution in [0.4, 0.5) is 5.82 Å². The highest BCUT2D eigenvalue weighted by Crippen LogP contribution is 2.54. The number of anilines is 1. The highest BCUT2D eigenvalue weighted by molar-refractivity contribution is 7.89. The molecule has 3 heterocycles. The van der Waals surface area contributed by atoms with Crippen LogP contribution in [-0.2, 0) is 21.2 Å². The van der Waals surface area contributed by atoms with Gasteiger partial charge in [-0.25, -0.2) is 22.7 Å². The van der Waals surface area contributed by atoms with Crippen molar-refractivity contribution in [3.05, 3.63) is 41.6 Å². The van der Waals surface area contributed by atoms with Crippen LogP contribution in [0.25, 0.3) is 11.4 Å². The lowest BCUT2D eigenvalue weighted by molar-refractivity contribution is -0.121. The van der Waals surface area contributed by atoms with E-state index in [2.05, 4.69) is 24.9 Å². The Labute approximate surface area is 189 Å². The summed E-state index contributed by atoms with van der Waals surface area (Å²) < 4.78 is 26.7. The van der Waals surface area contributed by atoms with Gasteiger partial charge >= 0.3 is 0 Å². The molecule has 5 rings (SSSR count). The van der Waals surface area contributed by atoms with E-state index in [0.717, 1.165) is 24.0 Å². The lowest BCUT2D eigenvalue weighted by Crippen LogP contribution is -2.72. The van der Waals surface area contributed by atoms with Crippen LogP contribution in [0.3, 0.4) is 0 Å². The van der Waals surface area contributed by atoms with Crippen LogP contribution < -0.4 is 4.90 Å². The number of hydrogen-bond acceptors (Lipinski definition) is 5. The number of aromatic nitrogens is 2. The van der Waals surface area contributed by atoms with Crippen LogP contribution in [0, 0.1) is 5.41 Å². The van der Waals surface area contributed by atoms with Crippen LogP contribution in [0.15, 0.2) is 30.5 Å². The molecular weight excluding hydrogens is 424 g/mol. The van der Waals surface area contributed by atoms with E-state index in [4.69, 9.17) is 4.98 Å². The molecule has 2 aromatic rings. The minimum absolute atomic E-state index is 0.00189. The van der Waals surface area contributed by atoms with E-state index in [1.54, 1.807) is 24.3 Å². The second-order valence-corrected chi connectivity index (χ2v) is 12.5. The van der Waals surface area contributed by atoms with E-state index in [9.17, 15) is 13.2 Å². The Kier molecular flexibility index (Phi) is 4.94. The van der Waals surface area contributed by atoms with Crippen molar-refractivity contribution in [3.8, 4) is 11.4 Å². The van der Waals surface area contributed by atoms with Gasteiger partial charge in [0.15, 0.2) is 5.82 Å². The molecule has 3 aliphatic rings. The Balaban J connectivity index is 1.46. The first kappa shape index (κ1) is 21.5. The van der Waals surface area contributed by atoms with Gasteiger partial charge in [-0.3, -0.25) is 9.69 Å². The molecule has 0 bridgehead atoms. The van der Waals surface area contributed by atoms with E-state index < -0.39 is 15.3 Å². The quantitative estimate of drug-likeness (QED) is 0.692. The predicted octanol–water partition coefficient (Wildman–Crippen LogP) is 3.36. The van der Waals surface area contributed by atoms with Gasteiger partial charge in [0.1, 0.15) is 5.82 Å². The summed E-state index contributed by atoms with van der Waals surface area (Å²) in [5, 5.41) is -0.427. The molecule has 1 spiro atoms. The van der Waals surface area contributed by atoms with Crippen molar-refractivity contribution < 1.29 is 13.2 Å². The third kappa shape index (κ3) is 3.10. The second-order valence-electron chi connectivity index (χ2n) is 10.0. The molecule has 2 fully saturated rings. The smallest absolute Gasteiger partial charge is 0.233 e. The highest BCUT2D eigenvalue weighted by Gasteiger charge is 2.61. The number of fused-ring (bicyclic) bond motifs is 1. The zero-order valence-electron chi connectivity index (χ0n) is 19.1. The molecule has 1 aromatic heterocycles. The maximum absolute atomic E-state index is 13.0. The molecular formula is C24H30N4O3S. The van der Waals surface area contributed by atoms with Crippen molar-refractivity contribution in [2.45, 2.75) is 64.2 Å². The zero-order valence-corrected chi connectivity index (χ0v) is 19.9. The van der Waals surface area contributed by atoms with Crippen molar-refractivity contribution in [2.24, 2.45) is 5.41 Å². The average molecular weight is 455 g/mol. The third-order valence-corrected chi connectivity index (χ3v) is 9.55. The summed E-state index contributed by atoms with van der Waals surface area (Å²) in [6.07, 6.45) is 3.91. The van der Waals surface area contributed by atoms with Gasteiger partial charge in [0, 0.05) is 41.9 Å². The molecule has 7 nitrogen and oxygen atoms in total. The summed E-state index contributed by atoms with van der Waals surface area (Å²) >= 11 is 0. The maximum Gasteiger partial charge on any atom is 0.233 e. The zero-order chi connectivity index (χ0) is 22.8. The van der Waals surface area contributed by atoms with Gasteiger partial charge in [-0.05, 0) is 38.2 Å². The van der Waals surface area contributed by atoms with E-state index in [1.807, 2.05) is 23.1 Å². The number of hydrogen-bond donors (Lipinski definition) is 0. The van der Waals surface area contributed by atoms with Crippen LogP contribution in [-0.4, -0.2) is 53.0 Å². The molecule has 0 N–H and O–H groups in total. The predicted molar refractivity (Wildman–Crippen MR) is 124 cm³/mol. The number of carbonyl (C=O) groups excluding carboxylic acids is 1. The van der Waals surface area contributed by atoms with Gasteiger partial charge in [-0.2, -0.15) is 0 Å². The number of sulfonamides is 1. The molecule has 170 valence electrons. The first-order valence-electron chi connectivity index (χ1n) is 11.4. The number of rotatable bonds is 5. The van der Waals surface area contributed by atoms with Gasteiger partial charge in [0.2, 0.25) is 15.9 Å². The van der Waals surface area contributed by atoms with Crippen molar-refractivity contribution in [2.75, 3.05) is 18.0 Å². The fourth-order valence-electron chi connectivity index (χ4n) is 5.34. The SMILES string of the molecule is CC(C)c1ccccc1-c1ncc2c(n1)N(C1CCC13CN(S(=O)(=O)C(C)C)C3)C(=O)C2. The van der Waals surface area contributed by atoms with Crippen molar-refractivity contribution >= 4 is 21.7 Å². The summed E-state index contributed by atoms with van der Waals surface area (Å²) in [5.74, 6) is 1.71. The Bertz CT molecular complexity index is 1190. The number of nitrogens with zero attached hydrogens (tertiary/aromatic N) is 4. The summed E-state index contributed by atoms with van der Waals surface area (Å²) in [7, 11) is -3.26. The second kappa shape index (κ2) is 7.35. The minimum atomic E-state index is -3.26. The molecule has 1 aromatic carbocycles. The monoisotopic (exact) mass is 454 g/mol. The molecule has 2 aliphatic heterocycles. The molecule has 8 heteroatoms. The largest absolute Gasteiger partial charge is 0.292 e. The minimum Gasteiger partial charge on any atom is -0.292 e. The Morgan fingerprint density at radius 3 is 2.47 bits per heavy atom. The van der Waals surface area contributed by atoms with E-state index >= 15 is 0 Å². The van der Waals surface area contributed by atoms with E-state index in [1.165, 1.54) is 5.56 Å². The van der Waals surface area contributed by atoms with Gasteiger partial charge in [0.05, 0.1) is 11.7 Å². The summed E-state index contributed by atoms with van der Waals surface area (Å²) in [4.78, 5) is 24.4. The van der Waals surface area contributed by atoms with Gasteiger partial charge in [-0.15, -0.1) is 0 Å². The van der Waals surface area contributed by atoms with E-state index in [0.29, 0.717) is 37.1 Å². The lowest BCUT2D eigenvalue weighted by atomic mass is 9.60. The van der Waals surface area contributed by atoms with Crippen LogP contribution in [0.1, 0.15) is 57.6 Å². The van der Waals surface area contributed by atoms with Crippen molar-refractivity contribution in [3.63, 3.8) is 0 Å². The molecule has 32 heavy (non-hydrogen) atoms. The molecule has 1 unspecified atom stereocenters. The molecule has 1 saturated heterocycles. The fourth-order valence-corrected chi connectivity index (χ4v) is 6.81. The normalized spacial score (nSPS) is 22.4. The highest BCUT2D eigenvalue weighted by atomic mass is 32.2. The number of amides is 1. The van der Waals surface area contributed by atoms with Crippen molar-refractivity contribution in [1.82, 2.24) is 14.3 Å². The standard InChI is InChI=1S/C24H30N4O3S/c1-15(2)18-7-5-6-8-19(18)22-25-12-17-11-21(29)28(23(17)26-22)20-9-10-24(20)13-27(14-24)32(30,31)16(3)4/h5-8,12,15-16,20H,9-11,13-14H2,1-4H3. The first-order valence-corrected chi connectivity index (χ1v) is 12.9. The summed E-state index contributed by atoms with van der Waals surface area (Å²) in [6.45, 7) is 8.71. The topological polar surface area (TPSA) is 83.5 Å². The number of benzene rings is 1. The molecule has 1 amide bonds. The first-order chi connectivity index (χ1) is 15.1. The van der Waals surface area contributed by atoms with Crippen molar-refractivity contribution in [1.29, 1.82) is 0 Å². The lowest BCUT2D eigenvalue weighted by Gasteiger charge is -2.61. The van der Waals surface area contributed by atoms with Crippen LogP contribution >= 0.6 is 0 Å².